The Morgan fingerprint density at radius 3 is 2.55 bits per heavy atom. The molecular weight excluding hydrogens is 392 g/mol. The van der Waals surface area contributed by atoms with Crippen molar-refractivity contribution in [3.63, 3.8) is 0 Å². The van der Waals surface area contributed by atoms with Crippen molar-refractivity contribution in [3.8, 4) is 0 Å². The maximum Gasteiger partial charge on any atom is 0.329 e. The monoisotopic (exact) mass is 428 g/mol. The second-order valence-electron chi connectivity index (χ2n) is 8.62. The van der Waals surface area contributed by atoms with Gasteiger partial charge < -0.3 is 15.8 Å². The van der Waals surface area contributed by atoms with Crippen molar-refractivity contribution in [3.05, 3.63) is 58.7 Å². The molecule has 6 heteroatoms. The van der Waals surface area contributed by atoms with Gasteiger partial charge in [-0.05, 0) is 57.1 Å². The zero-order valence-electron chi connectivity index (χ0n) is 19.4. The maximum absolute atomic E-state index is 11.9. The lowest BCUT2D eigenvalue weighted by molar-refractivity contribution is -0.147. The van der Waals surface area contributed by atoms with E-state index in [-0.39, 0.29) is 18.4 Å². The second kappa shape index (κ2) is 12.7. The topological polar surface area (TPSA) is 98.5 Å². The van der Waals surface area contributed by atoms with Crippen LogP contribution < -0.4 is 11.1 Å². The van der Waals surface area contributed by atoms with Gasteiger partial charge in [0.15, 0.2) is 0 Å². The quantitative estimate of drug-likeness (QED) is 0.295. The molecular formula is C25H36N2O4. The Hall–Kier alpha value is -2.89. The molecule has 0 aromatic carbocycles. The van der Waals surface area contributed by atoms with Gasteiger partial charge in [0.1, 0.15) is 12.6 Å². The van der Waals surface area contributed by atoms with Gasteiger partial charge in [0, 0.05) is 0 Å². The molecule has 6 nitrogen and oxygen atoms in total. The Morgan fingerprint density at radius 2 is 1.94 bits per heavy atom. The van der Waals surface area contributed by atoms with Gasteiger partial charge in [-0.3, -0.25) is 9.59 Å². The number of hydrogen-bond acceptors (Lipinski definition) is 4. The summed E-state index contributed by atoms with van der Waals surface area (Å²) in [7, 11) is 0. The average Bonchev–Trinajstić information content (AvgIpc) is 2.66. The van der Waals surface area contributed by atoms with Crippen LogP contribution in [0.5, 0.6) is 0 Å². The molecule has 2 amide bonds. The first-order valence-corrected chi connectivity index (χ1v) is 10.6. The number of amides is 2. The normalized spacial score (nSPS) is 18.4. The molecule has 0 aromatic rings. The lowest BCUT2D eigenvalue weighted by Crippen LogP contribution is -2.40. The van der Waals surface area contributed by atoms with E-state index in [0.29, 0.717) is 6.41 Å². The van der Waals surface area contributed by atoms with Crippen LogP contribution in [0.15, 0.2) is 58.7 Å². The number of rotatable bonds is 11. The molecule has 3 N–H and O–H groups in total. The van der Waals surface area contributed by atoms with Crippen LogP contribution in [0.4, 0.5) is 0 Å². The van der Waals surface area contributed by atoms with Crippen LogP contribution in [0.3, 0.4) is 0 Å². The van der Waals surface area contributed by atoms with Gasteiger partial charge in [-0.1, -0.05) is 60.9 Å². The van der Waals surface area contributed by atoms with E-state index in [1.807, 2.05) is 25.2 Å². The van der Waals surface area contributed by atoms with E-state index < -0.39 is 17.9 Å². The van der Waals surface area contributed by atoms with Crippen LogP contribution in [0.2, 0.25) is 0 Å². The van der Waals surface area contributed by atoms with Crippen LogP contribution in [0.1, 0.15) is 60.3 Å². The molecule has 0 fully saturated rings. The fourth-order valence-electron chi connectivity index (χ4n) is 3.55. The lowest BCUT2D eigenvalue weighted by Gasteiger charge is -2.32. The number of esters is 1. The molecule has 0 saturated heterocycles. The fraction of sp³-hybridized carbons (Fsp3) is 0.480. The number of hydrogen-bond donors (Lipinski definition) is 2. The van der Waals surface area contributed by atoms with E-state index in [2.05, 4.69) is 45.2 Å². The van der Waals surface area contributed by atoms with Crippen molar-refractivity contribution in [1.82, 2.24) is 5.32 Å². The zero-order chi connectivity index (χ0) is 23.4. The Bertz CT molecular complexity index is 813. The molecule has 1 aliphatic carbocycles. The molecule has 0 saturated carbocycles. The van der Waals surface area contributed by atoms with Gasteiger partial charge in [-0.15, -0.1) is 0 Å². The van der Waals surface area contributed by atoms with E-state index in [1.165, 1.54) is 30.4 Å². The lowest BCUT2D eigenvalue weighted by atomic mass is 9.72. The summed E-state index contributed by atoms with van der Waals surface area (Å²) in [4.78, 5) is 33.4. The summed E-state index contributed by atoms with van der Waals surface area (Å²) < 4.78 is 5.08. The van der Waals surface area contributed by atoms with Crippen LogP contribution >= 0.6 is 0 Å². The predicted molar refractivity (Wildman–Crippen MR) is 124 cm³/mol. The molecule has 0 radical (unpaired) electrons. The van der Waals surface area contributed by atoms with Crippen LogP contribution in [0.25, 0.3) is 0 Å². The second-order valence-corrected chi connectivity index (χ2v) is 8.62. The first-order chi connectivity index (χ1) is 14.6. The van der Waals surface area contributed by atoms with Gasteiger partial charge in [0.05, 0.1) is 6.42 Å². The molecule has 1 aliphatic rings. The Labute approximate surface area is 186 Å². The van der Waals surface area contributed by atoms with Gasteiger partial charge in [0.25, 0.3) is 0 Å². The third-order valence-electron chi connectivity index (χ3n) is 5.36. The van der Waals surface area contributed by atoms with Crippen molar-refractivity contribution in [1.29, 1.82) is 0 Å². The molecule has 170 valence electrons. The highest BCUT2D eigenvalue weighted by Gasteiger charge is 2.26. The van der Waals surface area contributed by atoms with Crippen LogP contribution in [-0.2, 0) is 19.1 Å². The molecule has 0 heterocycles. The zero-order valence-corrected chi connectivity index (χ0v) is 19.4. The highest BCUT2D eigenvalue weighted by atomic mass is 16.5. The standard InChI is InChI=1S/C25H36N2O4/c1-18(11-12-21-20(3)10-7-14-25(21,4)5)8-6-9-19(2)13-15-31-24(30)22(27-17-28)16-23(26)29/h6,8-9,11-13,17,22H,7,10,14-16H2,1-5H3,(H2,26,29)(H,27,28)/t22-/m0/s1. The Balaban J connectivity index is 2.61. The number of nitrogens with one attached hydrogen (secondary N) is 1. The van der Waals surface area contributed by atoms with Crippen molar-refractivity contribution in [2.45, 2.75) is 66.3 Å². The molecule has 0 unspecified atom stereocenters. The summed E-state index contributed by atoms with van der Waals surface area (Å²) in [5, 5.41) is 2.23. The van der Waals surface area contributed by atoms with Crippen molar-refractivity contribution >= 4 is 18.3 Å². The minimum Gasteiger partial charge on any atom is -0.460 e. The first-order valence-electron chi connectivity index (χ1n) is 10.6. The minimum absolute atomic E-state index is 0.0376. The molecule has 0 spiro atoms. The first kappa shape index (κ1) is 26.1. The Kier molecular flexibility index (Phi) is 10.7. The van der Waals surface area contributed by atoms with Gasteiger partial charge in [0.2, 0.25) is 12.3 Å². The highest BCUT2D eigenvalue weighted by Crippen LogP contribution is 2.40. The summed E-state index contributed by atoms with van der Waals surface area (Å²) in [6, 6.07) is -1.07. The third kappa shape index (κ3) is 9.64. The maximum atomic E-state index is 11.9. The SMILES string of the molecule is CC(C=CC1=C(C)CCCC1(C)C)=CC=CC(C)=CCOC(=O)[C@H](CC(N)=O)NC=O. The van der Waals surface area contributed by atoms with Gasteiger partial charge >= 0.3 is 5.97 Å². The average molecular weight is 429 g/mol. The summed E-state index contributed by atoms with van der Waals surface area (Å²) in [5.41, 5.74) is 10.3. The van der Waals surface area contributed by atoms with Crippen LogP contribution in [0, 0.1) is 5.41 Å². The highest BCUT2D eigenvalue weighted by molar-refractivity contribution is 5.85. The van der Waals surface area contributed by atoms with E-state index in [9.17, 15) is 14.4 Å². The predicted octanol–water partition coefficient (Wildman–Crippen LogP) is 4.05. The molecule has 1 atom stereocenters. The number of carbonyl (C=O) groups excluding carboxylic acids is 3. The summed E-state index contributed by atoms with van der Waals surface area (Å²) in [5.74, 6) is -1.39. The van der Waals surface area contributed by atoms with E-state index in [4.69, 9.17) is 10.5 Å². The number of primary amides is 1. The Morgan fingerprint density at radius 1 is 1.23 bits per heavy atom. The fourth-order valence-corrected chi connectivity index (χ4v) is 3.55. The number of carbonyl (C=O) groups is 3. The summed E-state index contributed by atoms with van der Waals surface area (Å²) in [6.07, 6.45) is 15.7. The molecule has 1 rings (SSSR count). The summed E-state index contributed by atoms with van der Waals surface area (Å²) in [6.45, 7) is 10.8. The van der Waals surface area contributed by atoms with Crippen molar-refractivity contribution < 1.29 is 19.1 Å². The van der Waals surface area contributed by atoms with Crippen molar-refractivity contribution in [2.24, 2.45) is 11.1 Å². The molecule has 0 aromatic heterocycles. The molecule has 0 bridgehead atoms. The summed E-state index contributed by atoms with van der Waals surface area (Å²) >= 11 is 0. The number of nitrogens with two attached hydrogens (primary N) is 1. The van der Waals surface area contributed by atoms with Crippen molar-refractivity contribution in [2.75, 3.05) is 6.61 Å². The van der Waals surface area contributed by atoms with Gasteiger partial charge in [-0.2, -0.15) is 0 Å². The van der Waals surface area contributed by atoms with E-state index >= 15 is 0 Å². The van der Waals surface area contributed by atoms with E-state index in [1.54, 1.807) is 6.08 Å². The van der Waals surface area contributed by atoms with Crippen LogP contribution in [-0.4, -0.2) is 30.9 Å². The molecule has 31 heavy (non-hydrogen) atoms. The minimum atomic E-state index is -1.07. The van der Waals surface area contributed by atoms with Gasteiger partial charge in [-0.25, -0.2) is 4.79 Å². The smallest absolute Gasteiger partial charge is 0.329 e. The largest absolute Gasteiger partial charge is 0.460 e. The van der Waals surface area contributed by atoms with E-state index in [0.717, 1.165) is 11.1 Å². The third-order valence-corrected chi connectivity index (χ3v) is 5.36. The molecule has 0 aliphatic heterocycles. The number of allylic oxidation sites excluding steroid dienone is 9. The number of ether oxygens (including phenoxy) is 1.